The van der Waals surface area contributed by atoms with Crippen LogP contribution in [0.1, 0.15) is 25.3 Å². The molecule has 1 nitrogen and oxygen atoms in total. The van der Waals surface area contributed by atoms with Crippen molar-refractivity contribution in [3.63, 3.8) is 0 Å². The topological polar surface area (TPSA) is 12.0 Å². The first-order valence-corrected chi connectivity index (χ1v) is 5.18. The van der Waals surface area contributed by atoms with Crippen molar-refractivity contribution in [3.8, 4) is 0 Å². The van der Waals surface area contributed by atoms with Crippen LogP contribution in [0, 0.1) is 5.82 Å². The summed E-state index contributed by atoms with van der Waals surface area (Å²) in [5.41, 5.74) is 1.07. The second kappa shape index (κ2) is 5.76. The van der Waals surface area contributed by atoms with Gasteiger partial charge in [0.2, 0.25) is 0 Å². The van der Waals surface area contributed by atoms with Crippen LogP contribution in [0.5, 0.6) is 0 Å². The highest BCUT2D eigenvalue weighted by Gasteiger charge is 2.05. The molecular formula is C12H18FN. The van der Waals surface area contributed by atoms with Gasteiger partial charge in [0.15, 0.2) is 0 Å². The number of hydrogen-bond donors (Lipinski definition) is 1. The van der Waals surface area contributed by atoms with E-state index in [0.29, 0.717) is 6.04 Å². The summed E-state index contributed by atoms with van der Waals surface area (Å²) in [6.45, 7) is 2.16. The molecule has 0 amide bonds. The van der Waals surface area contributed by atoms with E-state index in [1.807, 2.05) is 13.1 Å². The van der Waals surface area contributed by atoms with Crippen LogP contribution in [0.3, 0.4) is 0 Å². The third-order valence-electron chi connectivity index (χ3n) is 2.42. The van der Waals surface area contributed by atoms with Crippen LogP contribution in [0.4, 0.5) is 4.39 Å². The third-order valence-corrected chi connectivity index (χ3v) is 2.42. The summed E-state index contributed by atoms with van der Waals surface area (Å²) in [4.78, 5) is 0. The van der Waals surface area contributed by atoms with Crippen molar-refractivity contribution >= 4 is 0 Å². The minimum atomic E-state index is -0.145. The minimum Gasteiger partial charge on any atom is -0.317 e. The summed E-state index contributed by atoms with van der Waals surface area (Å²) in [5, 5.41) is 3.25. The maximum absolute atomic E-state index is 12.9. The van der Waals surface area contributed by atoms with Crippen LogP contribution < -0.4 is 5.32 Å². The Bertz CT molecular complexity index is 273. The quantitative estimate of drug-likeness (QED) is 0.761. The largest absolute Gasteiger partial charge is 0.317 e. The van der Waals surface area contributed by atoms with E-state index in [-0.39, 0.29) is 5.82 Å². The SMILES string of the molecule is CCCC(Cc1cccc(F)c1)NC. The Labute approximate surface area is 85.3 Å². The molecule has 0 aliphatic carbocycles. The van der Waals surface area contributed by atoms with Gasteiger partial charge in [0.25, 0.3) is 0 Å². The smallest absolute Gasteiger partial charge is 0.123 e. The Balaban J connectivity index is 2.57. The van der Waals surface area contributed by atoms with Crippen LogP contribution in [-0.4, -0.2) is 13.1 Å². The Kier molecular flexibility index (Phi) is 4.60. The molecule has 0 spiro atoms. The molecule has 14 heavy (non-hydrogen) atoms. The maximum Gasteiger partial charge on any atom is 0.123 e. The van der Waals surface area contributed by atoms with Gasteiger partial charge >= 0.3 is 0 Å². The standard InChI is InChI=1S/C12H18FN/c1-3-5-12(14-2)9-10-6-4-7-11(13)8-10/h4,6-8,12,14H,3,5,9H2,1-2H3. The Morgan fingerprint density at radius 2 is 2.21 bits per heavy atom. The number of halogens is 1. The van der Waals surface area contributed by atoms with E-state index >= 15 is 0 Å². The minimum absolute atomic E-state index is 0.145. The predicted octanol–water partition coefficient (Wildman–Crippen LogP) is 2.76. The van der Waals surface area contributed by atoms with E-state index in [1.165, 1.54) is 6.07 Å². The first-order valence-electron chi connectivity index (χ1n) is 5.18. The lowest BCUT2D eigenvalue weighted by molar-refractivity contribution is 0.512. The van der Waals surface area contributed by atoms with E-state index in [9.17, 15) is 4.39 Å². The molecule has 1 aromatic carbocycles. The van der Waals surface area contributed by atoms with Gasteiger partial charge in [-0.3, -0.25) is 0 Å². The van der Waals surface area contributed by atoms with Gasteiger partial charge in [-0.2, -0.15) is 0 Å². The van der Waals surface area contributed by atoms with Crippen LogP contribution >= 0.6 is 0 Å². The number of likely N-dealkylation sites (N-methyl/N-ethyl adjacent to an activating group) is 1. The average Bonchev–Trinajstić information content (AvgIpc) is 2.17. The van der Waals surface area contributed by atoms with Crippen molar-refractivity contribution in [2.45, 2.75) is 32.2 Å². The van der Waals surface area contributed by atoms with Gasteiger partial charge in [-0.05, 0) is 37.6 Å². The van der Waals surface area contributed by atoms with E-state index in [2.05, 4.69) is 12.2 Å². The molecule has 0 aliphatic heterocycles. The van der Waals surface area contributed by atoms with Crippen molar-refractivity contribution in [2.75, 3.05) is 7.05 Å². The molecule has 1 N–H and O–H groups in total. The molecular weight excluding hydrogens is 177 g/mol. The lowest BCUT2D eigenvalue weighted by atomic mass is 10.0. The van der Waals surface area contributed by atoms with Crippen molar-refractivity contribution < 1.29 is 4.39 Å². The van der Waals surface area contributed by atoms with Gasteiger partial charge in [-0.25, -0.2) is 4.39 Å². The van der Waals surface area contributed by atoms with Gasteiger partial charge in [0.1, 0.15) is 5.82 Å². The molecule has 0 radical (unpaired) electrons. The van der Waals surface area contributed by atoms with Gasteiger partial charge in [0, 0.05) is 6.04 Å². The second-order valence-corrected chi connectivity index (χ2v) is 3.61. The average molecular weight is 195 g/mol. The summed E-state index contributed by atoms with van der Waals surface area (Å²) in [6.07, 6.45) is 3.19. The normalized spacial score (nSPS) is 12.8. The third kappa shape index (κ3) is 3.46. The maximum atomic E-state index is 12.9. The van der Waals surface area contributed by atoms with Crippen molar-refractivity contribution in [1.82, 2.24) is 5.32 Å². The number of nitrogens with one attached hydrogen (secondary N) is 1. The second-order valence-electron chi connectivity index (χ2n) is 3.61. The molecule has 0 saturated heterocycles. The summed E-state index contributed by atoms with van der Waals surface area (Å²) >= 11 is 0. The van der Waals surface area contributed by atoms with Crippen LogP contribution in [0.2, 0.25) is 0 Å². The zero-order chi connectivity index (χ0) is 10.4. The highest BCUT2D eigenvalue weighted by Crippen LogP contribution is 2.09. The van der Waals surface area contributed by atoms with Crippen molar-refractivity contribution in [3.05, 3.63) is 35.6 Å². The Morgan fingerprint density at radius 3 is 2.79 bits per heavy atom. The van der Waals surface area contributed by atoms with Gasteiger partial charge < -0.3 is 5.32 Å². The zero-order valence-corrected chi connectivity index (χ0v) is 8.89. The van der Waals surface area contributed by atoms with E-state index in [4.69, 9.17) is 0 Å². The van der Waals surface area contributed by atoms with Gasteiger partial charge in [-0.1, -0.05) is 25.5 Å². The molecule has 1 rings (SSSR count). The summed E-state index contributed by atoms with van der Waals surface area (Å²) in [6, 6.07) is 7.30. The summed E-state index contributed by atoms with van der Waals surface area (Å²) < 4.78 is 12.9. The Morgan fingerprint density at radius 1 is 1.43 bits per heavy atom. The van der Waals surface area contributed by atoms with Crippen LogP contribution in [0.15, 0.2) is 24.3 Å². The fraction of sp³-hybridized carbons (Fsp3) is 0.500. The molecule has 0 aromatic heterocycles. The fourth-order valence-corrected chi connectivity index (χ4v) is 1.65. The molecule has 1 unspecified atom stereocenters. The summed E-state index contributed by atoms with van der Waals surface area (Å²) in [7, 11) is 1.96. The first-order chi connectivity index (χ1) is 6.76. The van der Waals surface area contributed by atoms with E-state index < -0.39 is 0 Å². The van der Waals surface area contributed by atoms with Crippen molar-refractivity contribution in [1.29, 1.82) is 0 Å². The molecule has 2 heteroatoms. The van der Waals surface area contributed by atoms with E-state index in [0.717, 1.165) is 24.8 Å². The lowest BCUT2D eigenvalue weighted by Crippen LogP contribution is -2.27. The molecule has 0 heterocycles. The number of hydrogen-bond acceptors (Lipinski definition) is 1. The highest BCUT2D eigenvalue weighted by atomic mass is 19.1. The first kappa shape index (κ1) is 11.2. The molecule has 1 atom stereocenters. The Hall–Kier alpha value is -0.890. The monoisotopic (exact) mass is 195 g/mol. The number of benzene rings is 1. The molecule has 78 valence electrons. The van der Waals surface area contributed by atoms with Gasteiger partial charge in [-0.15, -0.1) is 0 Å². The molecule has 0 bridgehead atoms. The predicted molar refractivity (Wildman–Crippen MR) is 57.9 cm³/mol. The van der Waals surface area contributed by atoms with E-state index in [1.54, 1.807) is 12.1 Å². The lowest BCUT2D eigenvalue weighted by Gasteiger charge is -2.14. The fourth-order valence-electron chi connectivity index (χ4n) is 1.65. The zero-order valence-electron chi connectivity index (χ0n) is 8.89. The molecule has 1 aromatic rings. The molecule has 0 saturated carbocycles. The van der Waals surface area contributed by atoms with Crippen molar-refractivity contribution in [2.24, 2.45) is 0 Å². The van der Waals surface area contributed by atoms with Crippen LogP contribution in [0.25, 0.3) is 0 Å². The number of rotatable bonds is 5. The molecule has 0 fully saturated rings. The van der Waals surface area contributed by atoms with Gasteiger partial charge in [0.05, 0.1) is 0 Å². The van der Waals surface area contributed by atoms with Crippen LogP contribution in [-0.2, 0) is 6.42 Å². The highest BCUT2D eigenvalue weighted by molar-refractivity contribution is 5.17. The molecule has 0 aliphatic rings. The summed E-state index contributed by atoms with van der Waals surface area (Å²) in [5.74, 6) is -0.145.